The SMILES string of the molecule is CC(C)Cc1cccc(Nc2nc(Nc3ccc(C4CCCC4)cc3)ncc2C(F)(F)F)c1. The maximum atomic E-state index is 13.6. The smallest absolute Gasteiger partial charge is 0.340 e. The highest BCUT2D eigenvalue weighted by Crippen LogP contribution is 2.36. The number of hydrogen-bond donors (Lipinski definition) is 2. The highest BCUT2D eigenvalue weighted by molar-refractivity contribution is 5.63. The number of benzene rings is 2. The Labute approximate surface area is 192 Å². The zero-order chi connectivity index (χ0) is 23.4. The molecule has 0 aliphatic heterocycles. The Morgan fingerprint density at radius 2 is 1.70 bits per heavy atom. The summed E-state index contributed by atoms with van der Waals surface area (Å²) < 4.78 is 40.8. The molecule has 0 bridgehead atoms. The van der Waals surface area contributed by atoms with Crippen LogP contribution in [0.25, 0.3) is 0 Å². The average Bonchev–Trinajstić information content (AvgIpc) is 3.28. The molecule has 4 nitrogen and oxygen atoms in total. The maximum Gasteiger partial charge on any atom is 0.421 e. The van der Waals surface area contributed by atoms with E-state index in [2.05, 4.69) is 46.6 Å². The Hall–Kier alpha value is -3.09. The average molecular weight is 455 g/mol. The Morgan fingerprint density at radius 1 is 0.970 bits per heavy atom. The first-order valence-corrected chi connectivity index (χ1v) is 11.4. The molecule has 0 spiro atoms. The largest absolute Gasteiger partial charge is 0.421 e. The van der Waals surface area contributed by atoms with E-state index in [4.69, 9.17) is 0 Å². The molecule has 3 aromatic rings. The van der Waals surface area contributed by atoms with E-state index in [1.165, 1.54) is 31.2 Å². The van der Waals surface area contributed by atoms with Gasteiger partial charge in [-0.1, -0.05) is 51.0 Å². The van der Waals surface area contributed by atoms with Crippen LogP contribution in [0.15, 0.2) is 54.7 Å². The predicted octanol–water partition coefficient (Wildman–Crippen LogP) is 7.84. The fraction of sp³-hybridized carbons (Fsp3) is 0.385. The molecule has 0 radical (unpaired) electrons. The fourth-order valence-electron chi connectivity index (χ4n) is 4.36. The molecule has 0 amide bonds. The van der Waals surface area contributed by atoms with Gasteiger partial charge >= 0.3 is 6.18 Å². The Bertz CT molecular complexity index is 1070. The molecule has 1 aromatic heterocycles. The van der Waals surface area contributed by atoms with E-state index in [1.807, 2.05) is 30.3 Å². The summed E-state index contributed by atoms with van der Waals surface area (Å²) in [6.45, 7) is 4.20. The normalized spacial score (nSPS) is 14.6. The van der Waals surface area contributed by atoms with Crippen molar-refractivity contribution in [3.05, 3.63) is 71.4 Å². The molecule has 0 saturated heterocycles. The number of halogens is 3. The molecule has 7 heteroatoms. The number of anilines is 4. The van der Waals surface area contributed by atoms with Gasteiger partial charge in [0.25, 0.3) is 0 Å². The lowest BCUT2D eigenvalue weighted by molar-refractivity contribution is -0.137. The van der Waals surface area contributed by atoms with Crippen molar-refractivity contribution in [3.8, 4) is 0 Å². The molecule has 1 aliphatic rings. The highest BCUT2D eigenvalue weighted by atomic mass is 19.4. The fourth-order valence-corrected chi connectivity index (χ4v) is 4.36. The van der Waals surface area contributed by atoms with Crippen LogP contribution in [0.4, 0.5) is 36.3 Å². The Balaban J connectivity index is 1.56. The van der Waals surface area contributed by atoms with E-state index in [-0.39, 0.29) is 11.8 Å². The lowest BCUT2D eigenvalue weighted by Crippen LogP contribution is -2.12. The molecular formula is C26H29F3N4. The van der Waals surface area contributed by atoms with E-state index in [0.717, 1.165) is 23.9 Å². The molecule has 1 fully saturated rings. The number of nitrogens with one attached hydrogen (secondary N) is 2. The minimum atomic E-state index is -4.57. The molecule has 0 unspecified atom stereocenters. The first kappa shape index (κ1) is 23.1. The van der Waals surface area contributed by atoms with Crippen LogP contribution >= 0.6 is 0 Å². The number of hydrogen-bond acceptors (Lipinski definition) is 4. The van der Waals surface area contributed by atoms with Crippen molar-refractivity contribution in [1.29, 1.82) is 0 Å². The van der Waals surface area contributed by atoms with E-state index < -0.39 is 11.7 Å². The summed E-state index contributed by atoms with van der Waals surface area (Å²) in [5, 5.41) is 5.89. The van der Waals surface area contributed by atoms with Crippen molar-refractivity contribution in [3.63, 3.8) is 0 Å². The van der Waals surface area contributed by atoms with Gasteiger partial charge in [0.2, 0.25) is 5.95 Å². The summed E-state index contributed by atoms with van der Waals surface area (Å²) >= 11 is 0. The van der Waals surface area contributed by atoms with E-state index in [9.17, 15) is 13.2 Å². The summed E-state index contributed by atoms with van der Waals surface area (Å²) in [7, 11) is 0. The van der Waals surface area contributed by atoms with Crippen molar-refractivity contribution < 1.29 is 13.2 Å². The van der Waals surface area contributed by atoms with E-state index in [1.54, 1.807) is 6.07 Å². The highest BCUT2D eigenvalue weighted by Gasteiger charge is 2.35. The molecule has 1 heterocycles. The van der Waals surface area contributed by atoms with Crippen LogP contribution in [-0.2, 0) is 12.6 Å². The standard InChI is InChI=1S/C26H29F3N4/c1-17(2)14-18-6-5-9-22(15-18)31-24-23(26(27,28)29)16-30-25(33-24)32-21-12-10-20(11-13-21)19-7-3-4-8-19/h5-6,9-13,15-17,19H,3-4,7-8,14H2,1-2H3,(H2,30,31,32,33). The van der Waals surface area contributed by atoms with Gasteiger partial charge in [0, 0.05) is 17.6 Å². The molecule has 2 N–H and O–H groups in total. The van der Waals surface area contributed by atoms with Crippen LogP contribution in [0.1, 0.15) is 62.1 Å². The molecular weight excluding hydrogens is 425 g/mol. The molecule has 4 rings (SSSR count). The van der Waals surface area contributed by atoms with Crippen molar-refractivity contribution in [1.82, 2.24) is 9.97 Å². The summed E-state index contributed by atoms with van der Waals surface area (Å²) in [5.74, 6) is 0.881. The molecule has 33 heavy (non-hydrogen) atoms. The zero-order valence-corrected chi connectivity index (χ0v) is 18.9. The topological polar surface area (TPSA) is 49.8 Å². The predicted molar refractivity (Wildman–Crippen MR) is 126 cm³/mol. The van der Waals surface area contributed by atoms with Gasteiger partial charge in [-0.25, -0.2) is 4.98 Å². The van der Waals surface area contributed by atoms with Crippen LogP contribution < -0.4 is 10.6 Å². The first-order chi connectivity index (χ1) is 15.8. The van der Waals surface area contributed by atoms with Gasteiger partial charge in [-0.15, -0.1) is 0 Å². The summed E-state index contributed by atoms with van der Waals surface area (Å²) in [4.78, 5) is 8.08. The zero-order valence-electron chi connectivity index (χ0n) is 18.9. The molecule has 174 valence electrons. The summed E-state index contributed by atoms with van der Waals surface area (Å²) in [6.07, 6.45) is 2.04. The van der Waals surface area contributed by atoms with Gasteiger partial charge in [-0.05, 0) is 66.5 Å². The van der Waals surface area contributed by atoms with Gasteiger partial charge < -0.3 is 10.6 Å². The monoisotopic (exact) mass is 454 g/mol. The Kier molecular flexibility index (Phi) is 6.86. The lowest BCUT2D eigenvalue weighted by Gasteiger charge is -2.16. The van der Waals surface area contributed by atoms with E-state index in [0.29, 0.717) is 17.5 Å². The number of aromatic nitrogens is 2. The molecule has 0 atom stereocenters. The molecule has 2 aromatic carbocycles. The van der Waals surface area contributed by atoms with Gasteiger partial charge in [0.1, 0.15) is 11.4 Å². The molecule has 1 saturated carbocycles. The maximum absolute atomic E-state index is 13.6. The van der Waals surface area contributed by atoms with Gasteiger partial charge in [-0.2, -0.15) is 18.2 Å². The minimum Gasteiger partial charge on any atom is -0.340 e. The third-order valence-electron chi connectivity index (χ3n) is 5.92. The minimum absolute atomic E-state index is 0.109. The van der Waals surface area contributed by atoms with Gasteiger partial charge in [0.05, 0.1) is 0 Å². The number of nitrogens with zero attached hydrogens (tertiary/aromatic N) is 2. The van der Waals surface area contributed by atoms with Gasteiger partial charge in [0.15, 0.2) is 0 Å². The van der Waals surface area contributed by atoms with Crippen molar-refractivity contribution in [2.24, 2.45) is 5.92 Å². The van der Waals surface area contributed by atoms with Crippen LogP contribution in [0.2, 0.25) is 0 Å². The van der Waals surface area contributed by atoms with Crippen LogP contribution in [-0.4, -0.2) is 9.97 Å². The lowest BCUT2D eigenvalue weighted by atomic mass is 9.98. The second kappa shape index (κ2) is 9.81. The second-order valence-corrected chi connectivity index (χ2v) is 9.11. The third-order valence-corrected chi connectivity index (χ3v) is 5.92. The number of alkyl halides is 3. The summed E-state index contributed by atoms with van der Waals surface area (Å²) in [5.41, 5.74) is 2.75. The molecule has 1 aliphatic carbocycles. The van der Waals surface area contributed by atoms with Crippen LogP contribution in [0.5, 0.6) is 0 Å². The Morgan fingerprint density at radius 3 is 2.36 bits per heavy atom. The third kappa shape index (κ3) is 6.03. The van der Waals surface area contributed by atoms with Crippen LogP contribution in [0, 0.1) is 5.92 Å². The first-order valence-electron chi connectivity index (χ1n) is 11.4. The summed E-state index contributed by atoms with van der Waals surface area (Å²) in [6, 6.07) is 15.4. The second-order valence-electron chi connectivity index (χ2n) is 9.11. The van der Waals surface area contributed by atoms with Crippen LogP contribution in [0.3, 0.4) is 0 Å². The van der Waals surface area contributed by atoms with Gasteiger partial charge in [-0.3, -0.25) is 0 Å². The van der Waals surface area contributed by atoms with Crippen molar-refractivity contribution >= 4 is 23.1 Å². The van der Waals surface area contributed by atoms with E-state index >= 15 is 0 Å². The number of rotatable bonds is 7. The quantitative estimate of drug-likeness (QED) is 0.382. The van der Waals surface area contributed by atoms with Crippen molar-refractivity contribution in [2.45, 2.75) is 58.0 Å². The van der Waals surface area contributed by atoms with Crippen molar-refractivity contribution in [2.75, 3.05) is 10.6 Å².